The zero-order valence-electron chi connectivity index (χ0n) is 12.4. The van der Waals surface area contributed by atoms with Gasteiger partial charge in [-0.05, 0) is 36.9 Å². The number of rotatable bonds is 7. The minimum atomic E-state index is -0.126. The van der Waals surface area contributed by atoms with Gasteiger partial charge in [0.15, 0.2) is 0 Å². The smallest absolute Gasteiger partial charge is 0.270 e. The molecule has 2 aromatic rings. The van der Waals surface area contributed by atoms with E-state index in [9.17, 15) is 4.79 Å². The molecule has 0 radical (unpaired) electrons. The van der Waals surface area contributed by atoms with Gasteiger partial charge < -0.3 is 10.6 Å². The molecule has 5 heteroatoms. The van der Waals surface area contributed by atoms with Crippen molar-refractivity contribution in [3.05, 3.63) is 46.4 Å². The molecule has 0 fully saturated rings. The monoisotopic (exact) mass is 303 g/mol. The highest BCUT2D eigenvalue weighted by atomic mass is 32.1. The summed E-state index contributed by atoms with van der Waals surface area (Å²) in [5.74, 6) is -0.126. The van der Waals surface area contributed by atoms with Crippen LogP contribution in [0.1, 0.15) is 35.6 Å². The van der Waals surface area contributed by atoms with E-state index in [1.807, 2.05) is 24.4 Å². The predicted octanol–water partition coefficient (Wildman–Crippen LogP) is 3.33. The Morgan fingerprint density at radius 2 is 2.29 bits per heavy atom. The minimum absolute atomic E-state index is 0.0882. The Morgan fingerprint density at radius 1 is 1.43 bits per heavy atom. The van der Waals surface area contributed by atoms with Crippen LogP contribution in [0.25, 0.3) is 0 Å². The lowest BCUT2D eigenvalue weighted by Crippen LogP contribution is -2.34. The normalized spacial score (nSPS) is 11.9. The molecule has 0 saturated heterocycles. The van der Waals surface area contributed by atoms with Gasteiger partial charge in [0.05, 0.1) is 0 Å². The molecule has 0 saturated carbocycles. The van der Waals surface area contributed by atoms with Crippen LogP contribution in [0.15, 0.2) is 35.8 Å². The Morgan fingerprint density at radius 3 is 3.00 bits per heavy atom. The van der Waals surface area contributed by atoms with E-state index in [0.717, 1.165) is 25.1 Å². The largest absolute Gasteiger partial charge is 0.385 e. The first kappa shape index (κ1) is 15.5. The Bertz CT molecular complexity index is 569. The molecule has 1 amide bonds. The van der Waals surface area contributed by atoms with Gasteiger partial charge in [-0.15, -0.1) is 11.3 Å². The van der Waals surface area contributed by atoms with Crippen LogP contribution in [-0.4, -0.2) is 23.5 Å². The van der Waals surface area contributed by atoms with Crippen LogP contribution in [0, 0.1) is 0 Å². The number of hydrogen-bond donors (Lipinski definition) is 2. The van der Waals surface area contributed by atoms with E-state index in [-0.39, 0.29) is 11.9 Å². The molecule has 0 spiro atoms. The molecule has 0 aromatic carbocycles. The lowest BCUT2D eigenvalue weighted by Gasteiger charge is -2.13. The van der Waals surface area contributed by atoms with Gasteiger partial charge in [0.2, 0.25) is 0 Å². The number of thiophene rings is 1. The van der Waals surface area contributed by atoms with Crippen molar-refractivity contribution in [1.29, 1.82) is 0 Å². The number of amides is 1. The summed E-state index contributed by atoms with van der Waals surface area (Å²) in [5, 5.41) is 8.31. The SMILES string of the molecule is CCCNc1ccnc(C(=O)NC(C)Cc2cccs2)c1. The lowest BCUT2D eigenvalue weighted by molar-refractivity contribution is 0.0935. The van der Waals surface area contributed by atoms with Crippen LogP contribution >= 0.6 is 11.3 Å². The molecule has 4 nitrogen and oxygen atoms in total. The van der Waals surface area contributed by atoms with Gasteiger partial charge >= 0.3 is 0 Å². The molecule has 21 heavy (non-hydrogen) atoms. The second kappa shape index (κ2) is 7.78. The van der Waals surface area contributed by atoms with Crippen molar-refractivity contribution in [1.82, 2.24) is 10.3 Å². The van der Waals surface area contributed by atoms with Crippen molar-refractivity contribution in [2.24, 2.45) is 0 Å². The molecule has 1 unspecified atom stereocenters. The van der Waals surface area contributed by atoms with Crippen LogP contribution in [0.3, 0.4) is 0 Å². The summed E-state index contributed by atoms with van der Waals surface area (Å²) in [6, 6.07) is 7.87. The average Bonchev–Trinajstić information content (AvgIpc) is 2.98. The molecule has 0 bridgehead atoms. The van der Waals surface area contributed by atoms with Crippen molar-refractivity contribution in [3.63, 3.8) is 0 Å². The van der Waals surface area contributed by atoms with Gasteiger partial charge in [-0.2, -0.15) is 0 Å². The van der Waals surface area contributed by atoms with Crippen molar-refractivity contribution in [3.8, 4) is 0 Å². The highest BCUT2D eigenvalue weighted by Gasteiger charge is 2.12. The number of hydrogen-bond acceptors (Lipinski definition) is 4. The van der Waals surface area contributed by atoms with E-state index in [1.54, 1.807) is 23.6 Å². The van der Waals surface area contributed by atoms with Gasteiger partial charge in [0.1, 0.15) is 5.69 Å². The summed E-state index contributed by atoms with van der Waals surface area (Å²) < 4.78 is 0. The van der Waals surface area contributed by atoms with E-state index in [0.29, 0.717) is 5.69 Å². The topological polar surface area (TPSA) is 54.0 Å². The zero-order valence-corrected chi connectivity index (χ0v) is 13.2. The number of nitrogens with one attached hydrogen (secondary N) is 2. The van der Waals surface area contributed by atoms with Gasteiger partial charge in [-0.1, -0.05) is 13.0 Å². The highest BCUT2D eigenvalue weighted by molar-refractivity contribution is 7.09. The fourth-order valence-electron chi connectivity index (χ4n) is 2.01. The van der Waals surface area contributed by atoms with Crippen LogP contribution in [0.5, 0.6) is 0 Å². The Kier molecular flexibility index (Phi) is 5.75. The number of nitrogens with zero attached hydrogens (tertiary/aromatic N) is 1. The first-order valence-electron chi connectivity index (χ1n) is 7.22. The maximum absolute atomic E-state index is 12.2. The second-order valence-electron chi connectivity index (χ2n) is 5.01. The van der Waals surface area contributed by atoms with Gasteiger partial charge in [0, 0.05) is 35.8 Å². The van der Waals surface area contributed by atoms with E-state index >= 15 is 0 Å². The Labute approximate surface area is 129 Å². The van der Waals surface area contributed by atoms with E-state index in [4.69, 9.17) is 0 Å². The van der Waals surface area contributed by atoms with E-state index in [2.05, 4.69) is 28.6 Å². The fourth-order valence-corrected chi connectivity index (χ4v) is 2.85. The highest BCUT2D eigenvalue weighted by Crippen LogP contribution is 2.12. The molecular weight excluding hydrogens is 282 g/mol. The molecule has 0 aliphatic carbocycles. The van der Waals surface area contributed by atoms with Gasteiger partial charge in [-0.25, -0.2) is 0 Å². The number of carbonyl (C=O) groups excluding carboxylic acids is 1. The second-order valence-corrected chi connectivity index (χ2v) is 6.05. The Balaban J connectivity index is 1.93. The maximum Gasteiger partial charge on any atom is 0.270 e. The van der Waals surface area contributed by atoms with Crippen LogP contribution in [0.2, 0.25) is 0 Å². The van der Waals surface area contributed by atoms with Crippen LogP contribution in [0.4, 0.5) is 5.69 Å². The van der Waals surface area contributed by atoms with Crippen molar-refractivity contribution >= 4 is 22.9 Å². The third-order valence-corrected chi connectivity index (χ3v) is 3.94. The van der Waals surface area contributed by atoms with Gasteiger partial charge in [-0.3, -0.25) is 9.78 Å². The third kappa shape index (κ3) is 4.86. The zero-order chi connectivity index (χ0) is 15.1. The predicted molar refractivity (Wildman–Crippen MR) is 88.0 cm³/mol. The standard InChI is InChI=1S/C16H21N3OS/c1-3-7-17-13-6-8-18-15(11-13)16(20)19-12(2)10-14-5-4-9-21-14/h4-6,8-9,11-12H,3,7,10H2,1-2H3,(H,17,18)(H,19,20). The molecule has 2 N–H and O–H groups in total. The number of anilines is 1. The summed E-state index contributed by atoms with van der Waals surface area (Å²) >= 11 is 1.71. The number of carbonyl (C=O) groups is 1. The van der Waals surface area contributed by atoms with E-state index in [1.165, 1.54) is 4.88 Å². The number of aromatic nitrogens is 1. The maximum atomic E-state index is 12.2. The molecule has 0 aliphatic rings. The lowest BCUT2D eigenvalue weighted by atomic mass is 10.2. The van der Waals surface area contributed by atoms with Crippen molar-refractivity contribution in [2.75, 3.05) is 11.9 Å². The average molecular weight is 303 g/mol. The number of pyridine rings is 1. The molecular formula is C16H21N3OS. The fraction of sp³-hybridized carbons (Fsp3) is 0.375. The summed E-state index contributed by atoms with van der Waals surface area (Å²) in [4.78, 5) is 17.6. The van der Waals surface area contributed by atoms with Crippen molar-refractivity contribution < 1.29 is 4.79 Å². The van der Waals surface area contributed by atoms with Crippen LogP contribution < -0.4 is 10.6 Å². The molecule has 2 heterocycles. The quantitative estimate of drug-likeness (QED) is 0.825. The summed E-state index contributed by atoms with van der Waals surface area (Å²) in [6.07, 6.45) is 3.55. The van der Waals surface area contributed by atoms with Gasteiger partial charge in [0.25, 0.3) is 5.91 Å². The molecule has 1 atom stereocenters. The minimum Gasteiger partial charge on any atom is -0.385 e. The molecule has 2 rings (SSSR count). The summed E-state index contributed by atoms with van der Waals surface area (Å²) in [6.45, 7) is 5.00. The Hall–Kier alpha value is -1.88. The summed E-state index contributed by atoms with van der Waals surface area (Å²) in [7, 11) is 0. The van der Waals surface area contributed by atoms with Crippen LogP contribution in [-0.2, 0) is 6.42 Å². The molecule has 2 aromatic heterocycles. The first-order chi connectivity index (χ1) is 10.2. The molecule has 0 aliphatic heterocycles. The first-order valence-corrected chi connectivity index (χ1v) is 8.10. The third-order valence-electron chi connectivity index (χ3n) is 3.04. The van der Waals surface area contributed by atoms with E-state index < -0.39 is 0 Å². The summed E-state index contributed by atoms with van der Waals surface area (Å²) in [5.41, 5.74) is 1.39. The van der Waals surface area contributed by atoms with Crippen molar-refractivity contribution in [2.45, 2.75) is 32.7 Å². The molecule has 112 valence electrons.